The Morgan fingerprint density at radius 3 is 2.02 bits per heavy atom. The molecule has 1 saturated heterocycles. The van der Waals surface area contributed by atoms with Crippen molar-refractivity contribution >= 4 is 35.6 Å². The van der Waals surface area contributed by atoms with Gasteiger partial charge in [0.25, 0.3) is 5.91 Å². The van der Waals surface area contributed by atoms with E-state index in [9.17, 15) is 39.3 Å². The summed E-state index contributed by atoms with van der Waals surface area (Å²) < 4.78 is 30.5. The average Bonchev–Trinajstić information content (AvgIpc) is 3.26. The molecule has 1 amide bonds. The van der Waals surface area contributed by atoms with Crippen molar-refractivity contribution in [3.63, 3.8) is 0 Å². The number of fused-ring (bicyclic) bond motifs is 5. The van der Waals surface area contributed by atoms with Gasteiger partial charge in [-0.2, -0.15) is 0 Å². The number of Topliss-reactive ketones (excluding diaryl/α,β-unsaturated/α-hetero) is 1. The number of nitrogens with one attached hydrogen (secondary N) is 1. The minimum absolute atomic E-state index is 0.00786. The van der Waals surface area contributed by atoms with Gasteiger partial charge >= 0.3 is 23.9 Å². The highest BCUT2D eigenvalue weighted by molar-refractivity contribution is 5.96. The van der Waals surface area contributed by atoms with E-state index in [1.165, 1.54) is 32.9 Å². The molecule has 15 heteroatoms. The number of amides is 1. The fraction of sp³-hybridized carbons (Fsp3) is 0.458. The van der Waals surface area contributed by atoms with Crippen LogP contribution in [-0.2, 0) is 42.9 Å². The number of aliphatic hydroxyl groups excluding tert-OH is 2. The Morgan fingerprint density at radius 1 is 0.873 bits per heavy atom. The molecule has 1 aliphatic heterocycles. The zero-order valence-corrected chi connectivity index (χ0v) is 35.9. The summed E-state index contributed by atoms with van der Waals surface area (Å²) in [6.45, 7) is 8.46. The summed E-state index contributed by atoms with van der Waals surface area (Å²) in [5.74, 6) is -6.73. The second-order valence-electron chi connectivity index (χ2n) is 17.6. The monoisotopic (exact) mass is 867 g/mol. The number of benzene rings is 3. The zero-order chi connectivity index (χ0) is 45.6. The lowest BCUT2D eigenvalue weighted by molar-refractivity contribution is -0.346. The smallest absolute Gasteiger partial charge is 0.338 e. The molecule has 3 fully saturated rings. The summed E-state index contributed by atoms with van der Waals surface area (Å²) >= 11 is 0. The lowest BCUT2D eigenvalue weighted by Crippen LogP contribution is -2.82. The van der Waals surface area contributed by atoms with E-state index in [1.54, 1.807) is 92.7 Å². The van der Waals surface area contributed by atoms with Gasteiger partial charge in [-0.25, -0.2) is 9.59 Å². The molecule has 2 bridgehead atoms. The quantitative estimate of drug-likeness (QED) is 0.121. The molecule has 0 unspecified atom stereocenters. The first-order chi connectivity index (χ1) is 29.8. The topological polar surface area (TPSA) is 221 Å². The molecule has 15 nitrogen and oxygen atoms in total. The van der Waals surface area contributed by atoms with E-state index in [1.807, 2.05) is 0 Å². The summed E-state index contributed by atoms with van der Waals surface area (Å²) in [7, 11) is 0. The number of ketones is 1. The fourth-order valence-corrected chi connectivity index (χ4v) is 10.2. The number of carbonyl (C=O) groups is 6. The van der Waals surface area contributed by atoms with E-state index < -0.39 is 113 Å². The molecule has 3 aliphatic carbocycles. The first-order valence-electron chi connectivity index (χ1n) is 21.0. The summed E-state index contributed by atoms with van der Waals surface area (Å²) in [5, 5.41) is 40.4. The van der Waals surface area contributed by atoms with Gasteiger partial charge in [0.15, 0.2) is 23.6 Å². The minimum Gasteiger partial charge on any atom is -0.456 e. The largest absolute Gasteiger partial charge is 0.456 e. The molecule has 2 saturated carbocycles. The maximum absolute atomic E-state index is 15.6. The van der Waals surface area contributed by atoms with Crippen LogP contribution in [0.4, 0.5) is 0 Å². The molecule has 63 heavy (non-hydrogen) atoms. The molecule has 3 aromatic carbocycles. The molecular formula is C48H53NO14. The molecule has 3 aromatic rings. The van der Waals surface area contributed by atoms with Gasteiger partial charge in [-0.05, 0) is 54.8 Å². The molecule has 334 valence electrons. The van der Waals surface area contributed by atoms with Crippen LogP contribution in [0.1, 0.15) is 93.1 Å². The standard InChI is InChI=1S/C48H53NO14/c1-7-34(52)61-38-35-26(2)31(60-44(57)37(53)36(28-17-11-8-12-18-28)49-42(55)29-19-13-9-14-20-29)24-48(58,45(35,4)5)41(62-43(56)30-21-15-10-16-22-30)39-46(6,40(38)54)32(51)23-33-47(39,25-59-33)63-27(3)50/h8-22,31-33,36-39,41,51,53,58H,7,23-25H2,1-6H3,(H,49,55)/t31-,32-,33+,36-,37+,38-,39-,41-,46+,47-,48+/m0/s1. The summed E-state index contributed by atoms with van der Waals surface area (Å²) in [5.41, 5.74) is -7.00. The van der Waals surface area contributed by atoms with Crippen molar-refractivity contribution < 1.29 is 67.8 Å². The Hall–Kier alpha value is -5.74. The molecule has 4 N–H and O–H groups in total. The van der Waals surface area contributed by atoms with Crippen LogP contribution in [0.3, 0.4) is 0 Å². The number of hydrogen-bond acceptors (Lipinski definition) is 14. The van der Waals surface area contributed by atoms with Gasteiger partial charge in [0.1, 0.15) is 23.9 Å². The van der Waals surface area contributed by atoms with Gasteiger partial charge in [0.05, 0.1) is 35.6 Å². The maximum atomic E-state index is 15.6. The minimum atomic E-state index is -2.39. The number of ether oxygens (including phenoxy) is 5. The summed E-state index contributed by atoms with van der Waals surface area (Å²) in [4.78, 5) is 84.1. The van der Waals surface area contributed by atoms with Crippen LogP contribution in [0, 0.1) is 16.7 Å². The van der Waals surface area contributed by atoms with Crippen molar-refractivity contribution in [2.45, 2.75) is 115 Å². The van der Waals surface area contributed by atoms with Gasteiger partial charge in [-0.1, -0.05) is 87.5 Å². The highest BCUT2D eigenvalue weighted by Gasteiger charge is 2.78. The third-order valence-electron chi connectivity index (χ3n) is 13.7. The van der Waals surface area contributed by atoms with Gasteiger partial charge in [0.2, 0.25) is 0 Å². The summed E-state index contributed by atoms with van der Waals surface area (Å²) in [6, 6.07) is 23.0. The fourth-order valence-electron chi connectivity index (χ4n) is 10.2. The third-order valence-corrected chi connectivity index (χ3v) is 13.7. The van der Waals surface area contributed by atoms with Gasteiger partial charge in [-0.15, -0.1) is 0 Å². The Morgan fingerprint density at radius 2 is 1.46 bits per heavy atom. The first kappa shape index (κ1) is 45.3. The van der Waals surface area contributed by atoms with Crippen LogP contribution in [0.25, 0.3) is 0 Å². The molecular weight excluding hydrogens is 815 g/mol. The van der Waals surface area contributed by atoms with E-state index in [-0.39, 0.29) is 41.7 Å². The highest BCUT2D eigenvalue weighted by atomic mass is 16.6. The van der Waals surface area contributed by atoms with Crippen LogP contribution in [-0.4, -0.2) is 105 Å². The van der Waals surface area contributed by atoms with Crippen molar-refractivity contribution in [2.75, 3.05) is 6.61 Å². The lowest BCUT2D eigenvalue weighted by atomic mass is 9.44. The lowest BCUT2D eigenvalue weighted by Gasteiger charge is -2.67. The van der Waals surface area contributed by atoms with Crippen molar-refractivity contribution in [1.29, 1.82) is 0 Å². The Bertz CT molecular complexity index is 2300. The molecule has 0 radical (unpaired) electrons. The van der Waals surface area contributed by atoms with E-state index in [0.717, 1.165) is 6.92 Å². The Labute approximate surface area is 364 Å². The van der Waals surface area contributed by atoms with Crippen LogP contribution >= 0.6 is 0 Å². The van der Waals surface area contributed by atoms with E-state index >= 15 is 4.79 Å². The zero-order valence-electron chi connectivity index (χ0n) is 35.9. The SMILES string of the molecule is CCC(=O)O[C@@H]1C(=O)[C@@]2(C)[C@H]([C@H](OC(=O)c3ccccc3)[C@]3(O)C[C@H](OC(=O)[C@H](O)[C@@H](NC(=O)c4ccccc4)c4ccccc4)C(C)=C1C3(C)C)[C@]1(OC(C)=O)CO[C@@H]1C[C@@H]2O. The molecule has 0 spiro atoms. The van der Waals surface area contributed by atoms with Crippen molar-refractivity contribution in [2.24, 2.45) is 16.7 Å². The van der Waals surface area contributed by atoms with E-state index in [4.69, 9.17) is 23.7 Å². The van der Waals surface area contributed by atoms with Crippen LogP contribution < -0.4 is 5.32 Å². The number of carbonyl (C=O) groups excluding carboxylic acids is 6. The normalized spacial score (nSPS) is 31.5. The number of esters is 4. The molecule has 1 heterocycles. The van der Waals surface area contributed by atoms with E-state index in [0.29, 0.717) is 5.56 Å². The first-order valence-corrected chi connectivity index (χ1v) is 21.0. The number of hydrogen-bond donors (Lipinski definition) is 4. The average molecular weight is 868 g/mol. The molecule has 7 rings (SSSR count). The molecule has 11 atom stereocenters. The summed E-state index contributed by atoms with van der Waals surface area (Å²) in [6.07, 6.45) is -10.7. The number of aliphatic hydroxyl groups is 3. The Kier molecular flexibility index (Phi) is 12.3. The van der Waals surface area contributed by atoms with Crippen molar-refractivity contribution in [1.82, 2.24) is 5.32 Å². The van der Waals surface area contributed by atoms with E-state index in [2.05, 4.69) is 5.32 Å². The second kappa shape index (κ2) is 17.1. The number of rotatable bonds is 11. The molecule has 0 aromatic heterocycles. The van der Waals surface area contributed by atoms with Gasteiger partial charge < -0.3 is 44.3 Å². The van der Waals surface area contributed by atoms with Gasteiger partial charge in [-0.3, -0.25) is 19.2 Å². The van der Waals surface area contributed by atoms with Crippen LogP contribution in [0.5, 0.6) is 0 Å². The third kappa shape index (κ3) is 7.64. The van der Waals surface area contributed by atoms with Crippen molar-refractivity contribution in [3.8, 4) is 0 Å². The predicted molar refractivity (Wildman–Crippen MR) is 222 cm³/mol. The van der Waals surface area contributed by atoms with Crippen molar-refractivity contribution in [3.05, 3.63) is 119 Å². The molecule has 4 aliphatic rings. The van der Waals surface area contributed by atoms with Crippen LogP contribution in [0.2, 0.25) is 0 Å². The Balaban J connectivity index is 1.40. The maximum Gasteiger partial charge on any atom is 0.338 e. The van der Waals surface area contributed by atoms with Gasteiger partial charge in [0, 0.05) is 37.2 Å². The van der Waals surface area contributed by atoms with Crippen LogP contribution in [0.15, 0.2) is 102 Å². The second-order valence-corrected chi connectivity index (χ2v) is 17.6. The predicted octanol–water partition coefficient (Wildman–Crippen LogP) is 4.13. The highest BCUT2D eigenvalue weighted by Crippen LogP contribution is 2.64.